The number of likely N-dealkylation sites (tertiary alicyclic amines) is 1. The minimum absolute atomic E-state index is 0.0452. The molecule has 5 nitrogen and oxygen atoms in total. The van der Waals surface area contributed by atoms with Crippen molar-refractivity contribution >= 4 is 27.8 Å². The van der Waals surface area contributed by atoms with E-state index in [1.165, 1.54) is 0 Å². The van der Waals surface area contributed by atoms with E-state index in [2.05, 4.69) is 15.9 Å². The highest BCUT2D eigenvalue weighted by Crippen LogP contribution is 2.28. The molecule has 1 aromatic carbocycles. The number of carboxylic acids is 1. The highest BCUT2D eigenvalue weighted by atomic mass is 79.9. The largest absolute Gasteiger partial charge is 0.490 e. The van der Waals surface area contributed by atoms with E-state index in [9.17, 15) is 9.59 Å². The summed E-state index contributed by atoms with van der Waals surface area (Å²) < 4.78 is 6.52. The molecule has 21 heavy (non-hydrogen) atoms. The highest BCUT2D eigenvalue weighted by molar-refractivity contribution is 9.10. The molecule has 0 bridgehead atoms. The van der Waals surface area contributed by atoms with Crippen LogP contribution in [0.4, 0.5) is 0 Å². The van der Waals surface area contributed by atoms with Crippen LogP contribution in [0.25, 0.3) is 0 Å². The predicted molar refractivity (Wildman–Crippen MR) is 81.6 cm³/mol. The summed E-state index contributed by atoms with van der Waals surface area (Å²) in [4.78, 5) is 25.1. The summed E-state index contributed by atoms with van der Waals surface area (Å²) in [7, 11) is 0. The second-order valence-corrected chi connectivity index (χ2v) is 6.30. The van der Waals surface area contributed by atoms with Crippen LogP contribution in [0.5, 0.6) is 5.75 Å². The number of benzene rings is 1. The van der Waals surface area contributed by atoms with Gasteiger partial charge in [-0.15, -0.1) is 0 Å². The summed E-state index contributed by atoms with van der Waals surface area (Å²) in [5.41, 5.74) is 0.470. The van der Waals surface area contributed by atoms with Crippen molar-refractivity contribution in [1.29, 1.82) is 0 Å². The monoisotopic (exact) mass is 355 g/mol. The van der Waals surface area contributed by atoms with Gasteiger partial charge in [0.15, 0.2) is 0 Å². The van der Waals surface area contributed by atoms with Crippen LogP contribution in [0.15, 0.2) is 22.7 Å². The third kappa shape index (κ3) is 3.75. The number of hydrogen-bond donors (Lipinski definition) is 1. The first-order chi connectivity index (χ1) is 9.88. The molecule has 1 heterocycles. The second kappa shape index (κ2) is 6.47. The van der Waals surface area contributed by atoms with Crippen molar-refractivity contribution in [3.63, 3.8) is 0 Å². The number of carbonyl (C=O) groups excluding carboxylic acids is 1. The van der Waals surface area contributed by atoms with Crippen molar-refractivity contribution in [3.05, 3.63) is 28.2 Å². The number of ether oxygens (including phenoxy) is 1. The van der Waals surface area contributed by atoms with Crippen LogP contribution in [0.2, 0.25) is 0 Å². The molecule has 1 aromatic rings. The lowest BCUT2D eigenvalue weighted by Crippen LogP contribution is -2.30. The first-order valence-corrected chi connectivity index (χ1v) is 7.66. The number of aliphatic carboxylic acids is 1. The Bertz CT molecular complexity index is 559. The zero-order valence-electron chi connectivity index (χ0n) is 12.0. The fraction of sp³-hybridized carbons (Fsp3) is 0.467. The number of hydrogen-bond acceptors (Lipinski definition) is 3. The van der Waals surface area contributed by atoms with Crippen molar-refractivity contribution in [2.75, 3.05) is 13.1 Å². The van der Waals surface area contributed by atoms with E-state index in [4.69, 9.17) is 9.84 Å². The Kier molecular flexibility index (Phi) is 4.88. The molecule has 114 valence electrons. The lowest BCUT2D eigenvalue weighted by Gasteiger charge is -2.19. The molecule has 6 heteroatoms. The van der Waals surface area contributed by atoms with Gasteiger partial charge in [0.05, 0.1) is 17.6 Å². The van der Waals surface area contributed by atoms with E-state index in [1.807, 2.05) is 13.8 Å². The van der Waals surface area contributed by atoms with Gasteiger partial charge in [0.25, 0.3) is 5.91 Å². The molecule has 1 fully saturated rings. The van der Waals surface area contributed by atoms with Crippen molar-refractivity contribution in [3.8, 4) is 5.75 Å². The highest BCUT2D eigenvalue weighted by Gasteiger charge is 2.32. The molecule has 1 amide bonds. The average Bonchev–Trinajstić information content (AvgIpc) is 2.87. The summed E-state index contributed by atoms with van der Waals surface area (Å²) in [5, 5.41) is 9.02. The molecule has 0 aliphatic carbocycles. The van der Waals surface area contributed by atoms with Crippen LogP contribution in [0.3, 0.4) is 0 Å². The minimum atomic E-state index is -0.847. The van der Waals surface area contributed by atoms with Crippen LogP contribution in [-0.2, 0) is 4.79 Å². The predicted octanol–water partition coefficient (Wildman–Crippen LogP) is 2.78. The van der Waals surface area contributed by atoms with Gasteiger partial charge in [-0.05, 0) is 38.5 Å². The molecular weight excluding hydrogens is 338 g/mol. The first-order valence-electron chi connectivity index (χ1n) is 6.86. The first kappa shape index (κ1) is 15.8. The van der Waals surface area contributed by atoms with E-state index in [0.717, 1.165) is 4.47 Å². The number of nitrogens with zero attached hydrogens (tertiary/aromatic N) is 1. The van der Waals surface area contributed by atoms with Gasteiger partial charge < -0.3 is 14.7 Å². The Labute approximate surface area is 132 Å². The Balaban J connectivity index is 2.21. The number of halogens is 1. The van der Waals surface area contributed by atoms with Gasteiger partial charge in [0.1, 0.15) is 5.75 Å². The summed E-state index contributed by atoms with van der Waals surface area (Å²) in [6.45, 7) is 4.51. The van der Waals surface area contributed by atoms with Gasteiger partial charge in [-0.3, -0.25) is 9.59 Å². The zero-order chi connectivity index (χ0) is 15.6. The van der Waals surface area contributed by atoms with E-state index < -0.39 is 11.9 Å². The Morgan fingerprint density at radius 2 is 2.14 bits per heavy atom. The Hall–Kier alpha value is -1.56. The van der Waals surface area contributed by atoms with Gasteiger partial charge in [0.2, 0.25) is 0 Å². The van der Waals surface area contributed by atoms with E-state index in [-0.39, 0.29) is 18.6 Å². The van der Waals surface area contributed by atoms with Crippen molar-refractivity contribution < 1.29 is 19.4 Å². The molecule has 0 saturated carbocycles. The van der Waals surface area contributed by atoms with E-state index in [1.54, 1.807) is 23.1 Å². The second-order valence-electron chi connectivity index (χ2n) is 5.38. The normalized spacial score (nSPS) is 18.1. The van der Waals surface area contributed by atoms with E-state index in [0.29, 0.717) is 24.3 Å². The Morgan fingerprint density at radius 1 is 1.43 bits per heavy atom. The topological polar surface area (TPSA) is 66.8 Å². The maximum absolute atomic E-state index is 12.6. The van der Waals surface area contributed by atoms with Gasteiger partial charge in [-0.1, -0.05) is 15.9 Å². The number of carbonyl (C=O) groups is 2. The molecule has 1 N–H and O–H groups in total. The van der Waals surface area contributed by atoms with Crippen LogP contribution in [-0.4, -0.2) is 41.1 Å². The van der Waals surface area contributed by atoms with Crippen molar-refractivity contribution in [1.82, 2.24) is 4.90 Å². The molecular formula is C15H18BrNO4. The summed E-state index contributed by atoms with van der Waals surface area (Å²) >= 11 is 3.36. The standard InChI is InChI=1S/C15H18BrNO4/c1-9(2)21-13-7-11(16)3-4-12(13)14(18)17-6-5-10(8-17)15(19)20/h3-4,7,9-10H,5-6,8H2,1-2H3,(H,19,20). The number of amides is 1. The third-order valence-electron chi connectivity index (χ3n) is 3.36. The molecule has 0 spiro atoms. The SMILES string of the molecule is CC(C)Oc1cc(Br)ccc1C(=O)N1CCC(C(=O)O)C1. The zero-order valence-corrected chi connectivity index (χ0v) is 13.6. The molecule has 2 rings (SSSR count). The average molecular weight is 356 g/mol. The van der Waals surface area contributed by atoms with Crippen molar-refractivity contribution in [2.45, 2.75) is 26.4 Å². The molecule has 1 saturated heterocycles. The van der Waals surface area contributed by atoms with Crippen molar-refractivity contribution in [2.24, 2.45) is 5.92 Å². The molecule has 0 radical (unpaired) electrons. The summed E-state index contributed by atoms with van der Waals surface area (Å²) in [5.74, 6) is -0.983. The Morgan fingerprint density at radius 3 is 2.71 bits per heavy atom. The smallest absolute Gasteiger partial charge is 0.308 e. The maximum Gasteiger partial charge on any atom is 0.308 e. The fourth-order valence-corrected chi connectivity index (χ4v) is 2.68. The minimum Gasteiger partial charge on any atom is -0.490 e. The quantitative estimate of drug-likeness (QED) is 0.901. The molecule has 1 unspecified atom stereocenters. The fourth-order valence-electron chi connectivity index (χ4n) is 2.34. The van der Waals surface area contributed by atoms with Crippen LogP contribution in [0, 0.1) is 5.92 Å². The van der Waals surface area contributed by atoms with E-state index >= 15 is 0 Å². The third-order valence-corrected chi connectivity index (χ3v) is 3.85. The maximum atomic E-state index is 12.6. The summed E-state index contributed by atoms with van der Waals surface area (Å²) in [6, 6.07) is 5.25. The molecule has 1 atom stereocenters. The van der Waals surface area contributed by atoms with Crippen LogP contribution >= 0.6 is 15.9 Å². The lowest BCUT2D eigenvalue weighted by atomic mass is 10.1. The van der Waals surface area contributed by atoms with Gasteiger partial charge in [-0.25, -0.2) is 0 Å². The van der Waals surface area contributed by atoms with Gasteiger partial charge >= 0.3 is 5.97 Å². The number of rotatable bonds is 4. The molecule has 1 aliphatic heterocycles. The molecule has 1 aliphatic rings. The van der Waals surface area contributed by atoms with Crippen LogP contribution in [0.1, 0.15) is 30.6 Å². The van der Waals surface area contributed by atoms with Crippen LogP contribution < -0.4 is 4.74 Å². The summed E-state index contributed by atoms with van der Waals surface area (Å²) in [6.07, 6.45) is 0.453. The lowest BCUT2D eigenvalue weighted by molar-refractivity contribution is -0.141. The number of carboxylic acid groups (broad SMARTS) is 1. The van der Waals surface area contributed by atoms with Gasteiger partial charge in [0, 0.05) is 17.6 Å². The van der Waals surface area contributed by atoms with Gasteiger partial charge in [-0.2, -0.15) is 0 Å². The molecule has 0 aromatic heterocycles.